The minimum atomic E-state index is -0.813. The molecule has 0 spiro atoms. The number of hydrogen-bond acceptors (Lipinski definition) is 13. The number of carbonyl (C=O) groups is 4. The number of fused-ring (bicyclic) bond motifs is 10. The summed E-state index contributed by atoms with van der Waals surface area (Å²) in [4.78, 5) is 55.9. The molecule has 0 radical (unpaired) electrons. The van der Waals surface area contributed by atoms with E-state index in [1.54, 1.807) is 0 Å². The van der Waals surface area contributed by atoms with Gasteiger partial charge in [0, 0.05) is 32.1 Å². The van der Waals surface area contributed by atoms with Crippen LogP contribution in [-0.2, 0) is 97.3 Å². The van der Waals surface area contributed by atoms with Crippen molar-refractivity contribution in [3.8, 4) is 28.7 Å². The second-order valence-electron chi connectivity index (χ2n) is 34.3. The monoisotopic (exact) mass is 1270 g/mol. The zero-order chi connectivity index (χ0) is 69.4. The molecule has 1 N–H and O–H groups in total. The molecule has 0 amide bonds. The summed E-state index contributed by atoms with van der Waals surface area (Å²) >= 11 is 0. The number of carbonyl (C=O) groups excluding carboxylic acids is 4. The summed E-state index contributed by atoms with van der Waals surface area (Å²) in [5.41, 5.74) is 6.53. The van der Waals surface area contributed by atoms with E-state index in [0.29, 0.717) is 34.1 Å². The molecule has 0 heterocycles. The van der Waals surface area contributed by atoms with Gasteiger partial charge in [-0.25, -0.2) is 19.2 Å². The van der Waals surface area contributed by atoms with E-state index in [1.165, 1.54) is 0 Å². The van der Waals surface area contributed by atoms with E-state index in [2.05, 4.69) is 165 Å². The Kier molecular flexibility index (Phi) is 21.8. The molecule has 1 aliphatic rings. The molecule has 0 aliphatic heterocycles. The maximum atomic E-state index is 14.0. The molecule has 13 heteroatoms. The highest BCUT2D eigenvalue weighted by Crippen LogP contribution is 2.46. The van der Waals surface area contributed by atoms with Gasteiger partial charge in [-0.1, -0.05) is 165 Å². The zero-order valence-corrected chi connectivity index (χ0v) is 61.0. The van der Waals surface area contributed by atoms with Crippen LogP contribution in [0.3, 0.4) is 0 Å². The third kappa shape index (κ3) is 21.0. The average Bonchev–Trinajstić information content (AvgIpc) is 0.774. The molecule has 1 aliphatic carbocycles. The number of rotatable bonds is 12. The summed E-state index contributed by atoms with van der Waals surface area (Å²) in [6.07, 6.45) is 0.962. The number of phenols is 1. The Bertz CT molecular complexity index is 3310. The normalized spacial score (nSPS) is 13.8. The Morgan fingerprint density at radius 3 is 0.554 bits per heavy atom. The Morgan fingerprint density at radius 2 is 0.413 bits per heavy atom. The lowest BCUT2D eigenvalue weighted by Gasteiger charge is -2.29. The van der Waals surface area contributed by atoms with Crippen molar-refractivity contribution in [3.05, 3.63) is 144 Å². The van der Waals surface area contributed by atoms with Crippen LogP contribution in [0.4, 0.5) is 0 Å². The molecule has 0 saturated carbocycles. The van der Waals surface area contributed by atoms with Gasteiger partial charge in [0.15, 0.2) is 26.4 Å². The predicted molar refractivity (Wildman–Crippen MR) is 367 cm³/mol. The maximum absolute atomic E-state index is 14.0. The summed E-state index contributed by atoms with van der Waals surface area (Å²) in [6, 6.07) is 21.1. The molecule has 6 rings (SSSR count). The number of hydrogen-bond donors (Lipinski definition) is 1. The summed E-state index contributed by atoms with van der Waals surface area (Å²) in [7, 11) is 0. The fourth-order valence-corrected chi connectivity index (χ4v) is 11.0. The molecular weight excluding hydrogens is 1160 g/mol. The van der Waals surface area contributed by atoms with E-state index in [1.807, 2.05) is 83.1 Å². The standard InChI is InChI=1S/C79H110O13/c1-71(2,3)57-33-47-28-49-35-58(72(4,5)6)37-51(67(49)85-43-62(80)89-76(16,17)18)30-53-39-60(74(10,11)12)41-55(69(53)87-45-64(82)91-78(22,23)24)32-56-42-61(75(13,14)15)40-54(70(56)88-46-65(83)92-79(25,26)27)31-52-38-59(73(7,8)9)36-50(29-48(34-57)66(47)84)68(52)86-44-63(81)90-77(19,20)21/h33-42,84H,28-32,43-46H2,1-27H3. The van der Waals surface area contributed by atoms with Crippen molar-refractivity contribution in [1.29, 1.82) is 0 Å². The van der Waals surface area contributed by atoms with E-state index >= 15 is 0 Å². The van der Waals surface area contributed by atoms with Crippen molar-refractivity contribution in [2.24, 2.45) is 0 Å². The van der Waals surface area contributed by atoms with Gasteiger partial charge >= 0.3 is 23.9 Å². The number of aromatic hydroxyl groups is 1. The molecule has 504 valence electrons. The second-order valence-corrected chi connectivity index (χ2v) is 34.3. The third-order valence-electron chi connectivity index (χ3n) is 15.5. The first-order chi connectivity index (χ1) is 41.7. The minimum Gasteiger partial charge on any atom is -0.507 e. The molecule has 13 nitrogen and oxygen atoms in total. The largest absolute Gasteiger partial charge is 0.507 e. The van der Waals surface area contributed by atoms with Crippen molar-refractivity contribution in [3.63, 3.8) is 0 Å². The van der Waals surface area contributed by atoms with Gasteiger partial charge in [0.2, 0.25) is 0 Å². The molecule has 5 aromatic carbocycles. The van der Waals surface area contributed by atoms with Gasteiger partial charge < -0.3 is 43.0 Å². The Morgan fingerprint density at radius 1 is 0.272 bits per heavy atom. The van der Waals surface area contributed by atoms with Crippen LogP contribution < -0.4 is 18.9 Å². The van der Waals surface area contributed by atoms with E-state index in [9.17, 15) is 24.3 Å². The fraction of sp³-hybridized carbons (Fsp3) is 0.570. The lowest BCUT2D eigenvalue weighted by molar-refractivity contribution is -0.158. The SMILES string of the molecule is CC(C)(C)OC(=O)COc1c2cc(C(C)(C)C)cc1Cc1cc(C(C)(C)C)cc(c1OCC(=O)OC(C)(C)C)Cc1cc(C(C)(C)C)cc(c1OCC(=O)OC(C)(C)C)Cc1cc(C(C)(C)C)cc(c1OCC(=O)OC(C)(C)C)Cc1cc(C(C)(C)C)cc(c1O)C2. The molecule has 0 aromatic heterocycles. The van der Waals surface area contributed by atoms with Gasteiger partial charge in [-0.05, 0) is 194 Å². The molecule has 10 bridgehead atoms. The van der Waals surface area contributed by atoms with Gasteiger partial charge in [0.25, 0.3) is 0 Å². The van der Waals surface area contributed by atoms with Gasteiger partial charge in [-0.3, -0.25) is 0 Å². The first kappa shape index (κ1) is 74.0. The molecular formula is C79H110O13. The Labute approximate surface area is 551 Å². The molecule has 0 unspecified atom stereocenters. The van der Waals surface area contributed by atoms with Gasteiger partial charge in [0.05, 0.1) is 0 Å². The van der Waals surface area contributed by atoms with Crippen molar-refractivity contribution in [1.82, 2.24) is 0 Å². The number of benzene rings is 5. The number of esters is 4. The lowest BCUT2D eigenvalue weighted by atomic mass is 9.79. The van der Waals surface area contributed by atoms with Crippen LogP contribution in [0.15, 0.2) is 60.7 Å². The third-order valence-corrected chi connectivity index (χ3v) is 15.5. The van der Waals surface area contributed by atoms with Crippen LogP contribution in [0.2, 0.25) is 0 Å². The number of ether oxygens (including phenoxy) is 8. The van der Waals surface area contributed by atoms with Crippen molar-refractivity contribution in [2.75, 3.05) is 26.4 Å². The molecule has 0 fully saturated rings. The smallest absolute Gasteiger partial charge is 0.344 e. The fourth-order valence-electron chi connectivity index (χ4n) is 11.0. The summed E-state index contributed by atoms with van der Waals surface area (Å²) < 4.78 is 51.3. The van der Waals surface area contributed by atoms with E-state index in [-0.39, 0.29) is 37.9 Å². The highest BCUT2D eigenvalue weighted by molar-refractivity contribution is 5.74. The highest BCUT2D eigenvalue weighted by Gasteiger charge is 2.33. The summed E-state index contributed by atoms with van der Waals surface area (Å²) in [6.45, 7) is 52.3. The number of phenolic OH excluding ortho intramolecular Hbond substituents is 1. The van der Waals surface area contributed by atoms with Crippen LogP contribution in [0.25, 0.3) is 0 Å². The summed E-state index contributed by atoms with van der Waals surface area (Å²) in [5, 5.41) is 13.2. The molecule has 0 saturated heterocycles. The van der Waals surface area contributed by atoms with E-state index in [0.717, 1.165) is 72.3 Å². The van der Waals surface area contributed by atoms with Crippen LogP contribution >= 0.6 is 0 Å². The van der Waals surface area contributed by atoms with E-state index < -0.39 is 99.8 Å². The topological polar surface area (TPSA) is 162 Å². The van der Waals surface area contributed by atoms with Crippen LogP contribution in [-0.4, -0.2) is 77.8 Å². The summed E-state index contributed by atoms with van der Waals surface area (Å²) in [5.74, 6) is -0.454. The second kappa shape index (κ2) is 27.1. The quantitative estimate of drug-likeness (QED) is 0.0911. The molecule has 92 heavy (non-hydrogen) atoms. The van der Waals surface area contributed by atoms with E-state index in [4.69, 9.17) is 37.9 Å². The minimum absolute atomic E-state index is 0.0645. The molecule has 5 aromatic rings. The van der Waals surface area contributed by atoms with Crippen LogP contribution in [0.5, 0.6) is 28.7 Å². The highest BCUT2D eigenvalue weighted by atomic mass is 16.6. The average molecular weight is 1270 g/mol. The first-order valence-corrected chi connectivity index (χ1v) is 32.6. The lowest BCUT2D eigenvalue weighted by Crippen LogP contribution is -2.28. The van der Waals surface area contributed by atoms with Crippen LogP contribution in [0.1, 0.15) is 270 Å². The van der Waals surface area contributed by atoms with Crippen molar-refractivity contribution < 1.29 is 62.2 Å². The maximum Gasteiger partial charge on any atom is 0.344 e. The predicted octanol–water partition coefficient (Wildman–Crippen LogP) is 17.0. The Hall–Kier alpha value is -7.02. The van der Waals surface area contributed by atoms with Gasteiger partial charge in [-0.2, -0.15) is 0 Å². The first-order valence-electron chi connectivity index (χ1n) is 32.6. The van der Waals surface area contributed by atoms with Gasteiger partial charge in [0.1, 0.15) is 51.2 Å². The van der Waals surface area contributed by atoms with Crippen LogP contribution in [0, 0.1) is 0 Å². The zero-order valence-electron chi connectivity index (χ0n) is 61.0. The van der Waals surface area contributed by atoms with Crippen molar-refractivity contribution >= 4 is 23.9 Å². The Balaban J connectivity index is 1.91. The van der Waals surface area contributed by atoms with Crippen molar-refractivity contribution in [2.45, 2.75) is 269 Å². The van der Waals surface area contributed by atoms with Gasteiger partial charge in [-0.15, -0.1) is 0 Å². The molecule has 0 atom stereocenters.